The van der Waals surface area contributed by atoms with Gasteiger partial charge in [0.05, 0.1) is 6.54 Å². The molecule has 0 radical (unpaired) electrons. The van der Waals surface area contributed by atoms with Crippen molar-refractivity contribution in [1.82, 2.24) is 4.90 Å². The first-order chi connectivity index (χ1) is 7.70. The van der Waals surface area contributed by atoms with Crippen LogP contribution in [0.25, 0.3) is 0 Å². The van der Waals surface area contributed by atoms with E-state index in [1.165, 1.54) is 0 Å². The van der Waals surface area contributed by atoms with E-state index in [0.29, 0.717) is 19.6 Å². The van der Waals surface area contributed by atoms with E-state index < -0.39 is 0 Å². The summed E-state index contributed by atoms with van der Waals surface area (Å²) in [6.07, 6.45) is -0.453. The SMILES string of the molecule is NCCN1CC(c2ccc(Br)cc2)OC1=O. The van der Waals surface area contributed by atoms with Crippen LogP contribution in [0.1, 0.15) is 11.7 Å². The van der Waals surface area contributed by atoms with Crippen LogP contribution >= 0.6 is 15.9 Å². The van der Waals surface area contributed by atoms with Gasteiger partial charge >= 0.3 is 6.09 Å². The van der Waals surface area contributed by atoms with Gasteiger partial charge in [0.25, 0.3) is 0 Å². The molecule has 1 amide bonds. The smallest absolute Gasteiger partial charge is 0.410 e. The van der Waals surface area contributed by atoms with Crippen LogP contribution in [-0.2, 0) is 4.74 Å². The molecule has 4 nitrogen and oxygen atoms in total. The monoisotopic (exact) mass is 284 g/mol. The van der Waals surface area contributed by atoms with E-state index in [4.69, 9.17) is 10.5 Å². The molecule has 0 bridgehead atoms. The standard InChI is InChI=1S/C11H13BrN2O2/c12-9-3-1-8(2-4-9)10-7-14(6-5-13)11(15)16-10/h1-4,10H,5-7,13H2. The van der Waals surface area contributed by atoms with E-state index in [0.717, 1.165) is 10.0 Å². The van der Waals surface area contributed by atoms with Crippen molar-refractivity contribution >= 4 is 22.0 Å². The van der Waals surface area contributed by atoms with E-state index in [2.05, 4.69) is 15.9 Å². The van der Waals surface area contributed by atoms with Gasteiger partial charge < -0.3 is 15.4 Å². The zero-order chi connectivity index (χ0) is 11.5. The van der Waals surface area contributed by atoms with E-state index in [1.54, 1.807) is 4.90 Å². The summed E-state index contributed by atoms with van der Waals surface area (Å²) in [7, 11) is 0. The van der Waals surface area contributed by atoms with Gasteiger partial charge in [0.2, 0.25) is 0 Å². The van der Waals surface area contributed by atoms with Gasteiger partial charge in [-0.25, -0.2) is 4.79 Å². The van der Waals surface area contributed by atoms with Crippen molar-refractivity contribution in [3.05, 3.63) is 34.3 Å². The highest BCUT2D eigenvalue weighted by Crippen LogP contribution is 2.26. The molecule has 0 aliphatic carbocycles. The van der Waals surface area contributed by atoms with Crippen LogP contribution in [0.2, 0.25) is 0 Å². The predicted octanol–water partition coefficient (Wildman–Crippen LogP) is 1.90. The van der Waals surface area contributed by atoms with E-state index in [1.807, 2.05) is 24.3 Å². The molecule has 0 saturated carbocycles. The summed E-state index contributed by atoms with van der Waals surface area (Å²) in [4.78, 5) is 13.1. The van der Waals surface area contributed by atoms with Crippen molar-refractivity contribution in [2.75, 3.05) is 19.6 Å². The predicted molar refractivity (Wildman–Crippen MR) is 64.0 cm³/mol. The highest BCUT2D eigenvalue weighted by molar-refractivity contribution is 9.10. The number of ether oxygens (including phenoxy) is 1. The zero-order valence-corrected chi connectivity index (χ0v) is 10.3. The first kappa shape index (κ1) is 11.4. The van der Waals surface area contributed by atoms with Crippen molar-refractivity contribution in [2.45, 2.75) is 6.10 Å². The Kier molecular flexibility index (Phi) is 3.46. The van der Waals surface area contributed by atoms with E-state index in [-0.39, 0.29) is 12.2 Å². The molecule has 16 heavy (non-hydrogen) atoms. The maximum atomic E-state index is 11.5. The fourth-order valence-corrected chi connectivity index (χ4v) is 1.96. The Morgan fingerprint density at radius 3 is 2.75 bits per heavy atom. The lowest BCUT2D eigenvalue weighted by Crippen LogP contribution is -2.30. The number of hydrogen-bond acceptors (Lipinski definition) is 3. The minimum absolute atomic E-state index is 0.174. The molecule has 1 atom stereocenters. The fraction of sp³-hybridized carbons (Fsp3) is 0.364. The molecule has 1 aliphatic rings. The average Bonchev–Trinajstić information content (AvgIpc) is 2.62. The second kappa shape index (κ2) is 4.84. The minimum atomic E-state index is -0.279. The highest BCUT2D eigenvalue weighted by atomic mass is 79.9. The number of amides is 1. The van der Waals surface area contributed by atoms with Gasteiger partial charge in [-0.05, 0) is 17.7 Å². The van der Waals surface area contributed by atoms with Crippen LogP contribution in [0, 0.1) is 0 Å². The summed E-state index contributed by atoms with van der Waals surface area (Å²) in [5.74, 6) is 0. The molecular formula is C11H13BrN2O2. The molecule has 2 N–H and O–H groups in total. The van der Waals surface area contributed by atoms with Crippen LogP contribution in [0.15, 0.2) is 28.7 Å². The summed E-state index contributed by atoms with van der Waals surface area (Å²) in [6.45, 7) is 1.59. The molecule has 1 aliphatic heterocycles. The van der Waals surface area contributed by atoms with Gasteiger partial charge in [0, 0.05) is 17.6 Å². The topological polar surface area (TPSA) is 55.6 Å². The number of benzene rings is 1. The lowest BCUT2D eigenvalue weighted by molar-refractivity contribution is 0.133. The first-order valence-electron chi connectivity index (χ1n) is 5.12. The summed E-state index contributed by atoms with van der Waals surface area (Å²) in [6, 6.07) is 7.78. The summed E-state index contributed by atoms with van der Waals surface area (Å²) >= 11 is 3.37. The van der Waals surface area contributed by atoms with E-state index >= 15 is 0 Å². The third-order valence-corrected chi connectivity index (χ3v) is 3.06. The molecule has 1 saturated heterocycles. The molecule has 86 valence electrons. The number of nitrogens with zero attached hydrogens (tertiary/aromatic N) is 1. The van der Waals surface area contributed by atoms with Crippen molar-refractivity contribution < 1.29 is 9.53 Å². The van der Waals surface area contributed by atoms with Crippen LogP contribution in [-0.4, -0.2) is 30.6 Å². The average molecular weight is 285 g/mol. The zero-order valence-electron chi connectivity index (χ0n) is 8.73. The third kappa shape index (κ3) is 2.36. The largest absolute Gasteiger partial charge is 0.439 e. The Morgan fingerprint density at radius 1 is 1.44 bits per heavy atom. The number of halogens is 1. The van der Waals surface area contributed by atoms with Crippen molar-refractivity contribution in [3.8, 4) is 0 Å². The van der Waals surface area contributed by atoms with Crippen LogP contribution < -0.4 is 5.73 Å². The Labute approximate surface area is 102 Å². The molecule has 1 heterocycles. The molecular weight excluding hydrogens is 272 g/mol. The number of carbonyl (C=O) groups excluding carboxylic acids is 1. The van der Waals surface area contributed by atoms with Crippen LogP contribution in [0.4, 0.5) is 4.79 Å². The molecule has 0 spiro atoms. The minimum Gasteiger partial charge on any atom is -0.439 e. The number of carbonyl (C=O) groups is 1. The number of cyclic esters (lactones) is 1. The van der Waals surface area contributed by atoms with E-state index in [9.17, 15) is 4.79 Å². The summed E-state index contributed by atoms with van der Waals surface area (Å²) < 4.78 is 6.28. The highest BCUT2D eigenvalue weighted by Gasteiger charge is 2.31. The maximum absolute atomic E-state index is 11.5. The maximum Gasteiger partial charge on any atom is 0.410 e. The lowest BCUT2D eigenvalue weighted by Gasteiger charge is -2.10. The number of rotatable bonds is 3. The molecule has 5 heteroatoms. The van der Waals surface area contributed by atoms with Gasteiger partial charge in [-0.2, -0.15) is 0 Å². The Balaban J connectivity index is 2.07. The quantitative estimate of drug-likeness (QED) is 0.922. The third-order valence-electron chi connectivity index (χ3n) is 2.53. The fourth-order valence-electron chi connectivity index (χ4n) is 1.70. The molecule has 1 aromatic carbocycles. The first-order valence-corrected chi connectivity index (χ1v) is 5.91. The molecule has 2 rings (SSSR count). The van der Waals surface area contributed by atoms with Gasteiger partial charge in [-0.3, -0.25) is 0 Å². The van der Waals surface area contributed by atoms with Crippen molar-refractivity contribution in [1.29, 1.82) is 0 Å². The Hall–Kier alpha value is -1.07. The second-order valence-corrected chi connectivity index (χ2v) is 4.57. The van der Waals surface area contributed by atoms with Gasteiger partial charge in [-0.1, -0.05) is 28.1 Å². The summed E-state index contributed by atoms with van der Waals surface area (Å²) in [5, 5.41) is 0. The molecule has 0 aromatic heterocycles. The van der Waals surface area contributed by atoms with Crippen LogP contribution in [0.5, 0.6) is 0 Å². The lowest BCUT2D eigenvalue weighted by atomic mass is 10.1. The molecule has 1 unspecified atom stereocenters. The Morgan fingerprint density at radius 2 is 2.12 bits per heavy atom. The second-order valence-electron chi connectivity index (χ2n) is 3.66. The number of hydrogen-bond donors (Lipinski definition) is 1. The summed E-state index contributed by atoms with van der Waals surface area (Å²) in [5.41, 5.74) is 6.43. The van der Waals surface area contributed by atoms with Gasteiger partial charge in [0.1, 0.15) is 6.10 Å². The van der Waals surface area contributed by atoms with Crippen molar-refractivity contribution in [3.63, 3.8) is 0 Å². The van der Waals surface area contributed by atoms with Gasteiger partial charge in [-0.15, -0.1) is 0 Å². The number of nitrogens with two attached hydrogens (primary N) is 1. The Bertz CT molecular complexity index is 380. The van der Waals surface area contributed by atoms with Gasteiger partial charge in [0.15, 0.2) is 0 Å². The normalized spacial score (nSPS) is 20.0. The van der Waals surface area contributed by atoms with Crippen molar-refractivity contribution in [2.24, 2.45) is 5.73 Å². The van der Waals surface area contributed by atoms with Crippen LogP contribution in [0.3, 0.4) is 0 Å². The molecule has 1 aromatic rings. The molecule has 1 fully saturated rings.